The van der Waals surface area contributed by atoms with E-state index in [0.717, 1.165) is 38.8 Å². The van der Waals surface area contributed by atoms with Crippen molar-refractivity contribution in [1.29, 1.82) is 0 Å². The van der Waals surface area contributed by atoms with Gasteiger partial charge in [0.15, 0.2) is 0 Å². The standard InChI is InChI=1S/C19H33N3O4/c1-19(2,3)26-18(25)20-11-8-16(23)21-15-9-12-22(13-10-15)17(24)14-6-4-5-7-14/h14-15H,4-13H2,1-3H3,(H,20,25)(H,21,23). The smallest absolute Gasteiger partial charge is 0.407 e. The molecule has 1 heterocycles. The van der Waals surface area contributed by atoms with Gasteiger partial charge in [-0.25, -0.2) is 4.79 Å². The Hall–Kier alpha value is -1.79. The van der Waals surface area contributed by atoms with Crippen molar-refractivity contribution in [2.45, 2.75) is 77.4 Å². The number of ether oxygens (including phenoxy) is 1. The van der Waals surface area contributed by atoms with E-state index in [4.69, 9.17) is 4.74 Å². The molecule has 2 aliphatic rings. The van der Waals surface area contributed by atoms with Gasteiger partial charge in [-0.2, -0.15) is 0 Å². The minimum Gasteiger partial charge on any atom is -0.444 e. The Balaban J connectivity index is 1.60. The Labute approximate surface area is 156 Å². The molecule has 1 saturated heterocycles. The molecule has 7 heteroatoms. The van der Waals surface area contributed by atoms with Gasteiger partial charge in [-0.05, 0) is 46.5 Å². The van der Waals surface area contributed by atoms with Gasteiger partial charge in [0.2, 0.25) is 11.8 Å². The van der Waals surface area contributed by atoms with Gasteiger partial charge in [-0.15, -0.1) is 0 Å². The first-order valence-corrected chi connectivity index (χ1v) is 9.79. The molecular formula is C19H33N3O4. The molecule has 7 nitrogen and oxygen atoms in total. The number of hydrogen-bond donors (Lipinski definition) is 2. The molecule has 0 unspecified atom stereocenters. The van der Waals surface area contributed by atoms with E-state index in [1.165, 1.54) is 12.8 Å². The van der Waals surface area contributed by atoms with Crippen molar-refractivity contribution in [3.63, 3.8) is 0 Å². The van der Waals surface area contributed by atoms with Crippen LogP contribution in [0.3, 0.4) is 0 Å². The van der Waals surface area contributed by atoms with Gasteiger partial charge in [0.25, 0.3) is 0 Å². The monoisotopic (exact) mass is 367 g/mol. The zero-order chi connectivity index (χ0) is 19.2. The van der Waals surface area contributed by atoms with Crippen LogP contribution in [0.5, 0.6) is 0 Å². The van der Waals surface area contributed by atoms with Gasteiger partial charge in [0.05, 0.1) is 0 Å². The second kappa shape index (κ2) is 9.24. The predicted molar refractivity (Wildman–Crippen MR) is 98.6 cm³/mol. The number of nitrogens with zero attached hydrogens (tertiary/aromatic N) is 1. The molecule has 148 valence electrons. The Morgan fingerprint density at radius 1 is 1.04 bits per heavy atom. The lowest BCUT2D eigenvalue weighted by molar-refractivity contribution is -0.136. The predicted octanol–water partition coefficient (Wildman–Crippen LogP) is 2.20. The van der Waals surface area contributed by atoms with E-state index >= 15 is 0 Å². The lowest BCUT2D eigenvalue weighted by Crippen LogP contribution is -2.48. The highest BCUT2D eigenvalue weighted by Crippen LogP contribution is 2.27. The summed E-state index contributed by atoms with van der Waals surface area (Å²) in [7, 11) is 0. The van der Waals surface area contributed by atoms with Crippen LogP contribution >= 0.6 is 0 Å². The van der Waals surface area contributed by atoms with Gasteiger partial charge >= 0.3 is 6.09 Å². The van der Waals surface area contributed by atoms with Crippen LogP contribution in [0.15, 0.2) is 0 Å². The van der Waals surface area contributed by atoms with Gasteiger partial charge in [-0.3, -0.25) is 9.59 Å². The topological polar surface area (TPSA) is 87.7 Å². The first-order chi connectivity index (χ1) is 12.2. The van der Waals surface area contributed by atoms with E-state index in [1.54, 1.807) is 20.8 Å². The maximum absolute atomic E-state index is 12.4. The average molecular weight is 367 g/mol. The Morgan fingerprint density at radius 2 is 1.65 bits per heavy atom. The first-order valence-electron chi connectivity index (χ1n) is 9.79. The highest BCUT2D eigenvalue weighted by molar-refractivity contribution is 5.79. The highest BCUT2D eigenvalue weighted by Gasteiger charge is 2.30. The molecule has 1 saturated carbocycles. The third-order valence-corrected chi connectivity index (χ3v) is 4.90. The Morgan fingerprint density at radius 3 is 2.23 bits per heavy atom. The summed E-state index contributed by atoms with van der Waals surface area (Å²) < 4.78 is 5.13. The molecule has 1 aliphatic heterocycles. The fraction of sp³-hybridized carbons (Fsp3) is 0.842. The van der Waals surface area contributed by atoms with Gasteiger partial charge < -0.3 is 20.3 Å². The van der Waals surface area contributed by atoms with E-state index in [-0.39, 0.29) is 30.8 Å². The van der Waals surface area contributed by atoms with Crippen LogP contribution in [-0.4, -0.2) is 54.1 Å². The van der Waals surface area contributed by atoms with E-state index in [0.29, 0.717) is 5.91 Å². The summed E-state index contributed by atoms with van der Waals surface area (Å²) in [4.78, 5) is 37.9. The molecule has 0 aromatic carbocycles. The summed E-state index contributed by atoms with van der Waals surface area (Å²) in [6.45, 7) is 7.07. The fourth-order valence-corrected chi connectivity index (χ4v) is 3.57. The second-order valence-corrected chi connectivity index (χ2v) is 8.33. The summed E-state index contributed by atoms with van der Waals surface area (Å²) in [5, 5.41) is 5.59. The summed E-state index contributed by atoms with van der Waals surface area (Å²) >= 11 is 0. The van der Waals surface area contributed by atoms with Crippen LogP contribution in [0.2, 0.25) is 0 Å². The fourth-order valence-electron chi connectivity index (χ4n) is 3.57. The van der Waals surface area contributed by atoms with Crippen LogP contribution in [0.1, 0.15) is 65.7 Å². The van der Waals surface area contributed by atoms with Gasteiger partial charge in [0, 0.05) is 38.0 Å². The van der Waals surface area contributed by atoms with Crippen LogP contribution < -0.4 is 10.6 Å². The second-order valence-electron chi connectivity index (χ2n) is 8.33. The zero-order valence-electron chi connectivity index (χ0n) is 16.3. The van der Waals surface area contributed by atoms with Crippen molar-refractivity contribution >= 4 is 17.9 Å². The Kier molecular flexibility index (Phi) is 7.29. The molecule has 0 bridgehead atoms. The van der Waals surface area contributed by atoms with Crippen molar-refractivity contribution in [2.75, 3.05) is 19.6 Å². The van der Waals surface area contributed by atoms with Crippen molar-refractivity contribution in [1.82, 2.24) is 15.5 Å². The molecule has 0 spiro atoms. The average Bonchev–Trinajstić information content (AvgIpc) is 3.07. The molecule has 3 amide bonds. The van der Waals surface area contributed by atoms with E-state index in [9.17, 15) is 14.4 Å². The van der Waals surface area contributed by atoms with Crippen LogP contribution in [0.4, 0.5) is 4.79 Å². The molecular weight excluding hydrogens is 334 g/mol. The maximum atomic E-state index is 12.4. The lowest BCUT2D eigenvalue weighted by atomic mass is 10.0. The summed E-state index contributed by atoms with van der Waals surface area (Å²) in [5.41, 5.74) is -0.545. The van der Waals surface area contributed by atoms with E-state index in [1.807, 2.05) is 4.90 Å². The van der Waals surface area contributed by atoms with E-state index < -0.39 is 11.7 Å². The number of carbonyl (C=O) groups is 3. The normalized spacial score (nSPS) is 19.3. The quantitative estimate of drug-likeness (QED) is 0.780. The lowest BCUT2D eigenvalue weighted by Gasteiger charge is -2.34. The number of hydrogen-bond acceptors (Lipinski definition) is 4. The molecule has 26 heavy (non-hydrogen) atoms. The van der Waals surface area contributed by atoms with Gasteiger partial charge in [-0.1, -0.05) is 12.8 Å². The minimum absolute atomic E-state index is 0.0818. The SMILES string of the molecule is CC(C)(C)OC(=O)NCCC(=O)NC1CCN(C(=O)C2CCCC2)CC1. The molecule has 1 aliphatic carbocycles. The minimum atomic E-state index is -0.545. The molecule has 0 aromatic heterocycles. The maximum Gasteiger partial charge on any atom is 0.407 e. The number of carbonyl (C=O) groups excluding carboxylic acids is 3. The summed E-state index contributed by atoms with van der Waals surface area (Å²) in [6, 6.07) is 0.108. The highest BCUT2D eigenvalue weighted by atomic mass is 16.6. The first kappa shape index (κ1) is 20.5. The van der Waals surface area contributed by atoms with Crippen molar-refractivity contribution in [3.8, 4) is 0 Å². The van der Waals surface area contributed by atoms with Crippen molar-refractivity contribution in [2.24, 2.45) is 5.92 Å². The third kappa shape index (κ3) is 6.84. The Bertz CT molecular complexity index is 501. The van der Waals surface area contributed by atoms with E-state index in [2.05, 4.69) is 10.6 Å². The molecule has 2 rings (SSSR count). The molecule has 0 atom stereocenters. The van der Waals surface area contributed by atoms with Gasteiger partial charge in [0.1, 0.15) is 5.60 Å². The molecule has 2 fully saturated rings. The van der Waals surface area contributed by atoms with Crippen LogP contribution in [0, 0.1) is 5.92 Å². The van der Waals surface area contributed by atoms with Crippen LogP contribution in [-0.2, 0) is 14.3 Å². The van der Waals surface area contributed by atoms with Crippen LogP contribution in [0.25, 0.3) is 0 Å². The van der Waals surface area contributed by atoms with Crippen molar-refractivity contribution < 1.29 is 19.1 Å². The summed E-state index contributed by atoms with van der Waals surface area (Å²) in [5.74, 6) is 0.440. The number of piperidine rings is 1. The summed E-state index contributed by atoms with van der Waals surface area (Å²) in [6.07, 6.45) is 5.69. The zero-order valence-corrected chi connectivity index (χ0v) is 16.3. The number of nitrogens with one attached hydrogen (secondary N) is 2. The number of rotatable bonds is 5. The largest absolute Gasteiger partial charge is 0.444 e. The number of amides is 3. The number of likely N-dealkylation sites (tertiary alicyclic amines) is 1. The number of alkyl carbamates (subject to hydrolysis) is 1. The molecule has 0 radical (unpaired) electrons. The third-order valence-electron chi connectivity index (χ3n) is 4.90. The van der Waals surface area contributed by atoms with Crippen molar-refractivity contribution in [3.05, 3.63) is 0 Å². The molecule has 2 N–H and O–H groups in total. The molecule has 0 aromatic rings.